The number of ether oxygens (including phenoxy) is 1. The number of para-hydroxylation sites is 2. The van der Waals surface area contributed by atoms with Crippen molar-refractivity contribution in [2.75, 3.05) is 36.5 Å². The molecule has 2 aromatic rings. The van der Waals surface area contributed by atoms with E-state index in [1.54, 1.807) is 6.08 Å². The Bertz CT molecular complexity index is 760. The molecule has 0 bridgehead atoms. The molecular formula is C22H26N2O2. The van der Waals surface area contributed by atoms with Crippen molar-refractivity contribution in [1.82, 2.24) is 0 Å². The summed E-state index contributed by atoms with van der Waals surface area (Å²) in [6.45, 7) is 7.45. The van der Waals surface area contributed by atoms with Crippen LogP contribution in [-0.4, -0.2) is 32.2 Å². The molecule has 0 saturated carbocycles. The van der Waals surface area contributed by atoms with Crippen molar-refractivity contribution in [2.24, 2.45) is 0 Å². The highest BCUT2D eigenvalue weighted by Gasteiger charge is 2.15. The van der Waals surface area contributed by atoms with Gasteiger partial charge in [-0.2, -0.15) is 0 Å². The van der Waals surface area contributed by atoms with Crippen LogP contribution in [0, 0.1) is 0 Å². The maximum atomic E-state index is 12.4. The molecule has 0 radical (unpaired) electrons. The summed E-state index contributed by atoms with van der Waals surface area (Å²) in [4.78, 5) is 14.6. The first-order valence-corrected chi connectivity index (χ1v) is 9.14. The number of benzene rings is 2. The van der Waals surface area contributed by atoms with Crippen LogP contribution in [0.5, 0.6) is 0 Å². The van der Waals surface area contributed by atoms with Gasteiger partial charge in [-0.05, 0) is 35.3 Å². The summed E-state index contributed by atoms with van der Waals surface area (Å²) < 4.78 is 5.41. The van der Waals surface area contributed by atoms with Crippen LogP contribution in [-0.2, 0) is 9.53 Å². The largest absolute Gasteiger partial charge is 0.378 e. The van der Waals surface area contributed by atoms with Gasteiger partial charge < -0.3 is 15.0 Å². The van der Waals surface area contributed by atoms with Crippen LogP contribution in [0.3, 0.4) is 0 Å². The van der Waals surface area contributed by atoms with Crippen LogP contribution >= 0.6 is 0 Å². The van der Waals surface area contributed by atoms with Crippen molar-refractivity contribution in [3.05, 3.63) is 65.7 Å². The van der Waals surface area contributed by atoms with E-state index >= 15 is 0 Å². The molecule has 1 N–H and O–H groups in total. The second-order valence-corrected chi connectivity index (χ2v) is 6.76. The van der Waals surface area contributed by atoms with Gasteiger partial charge in [0.15, 0.2) is 0 Å². The van der Waals surface area contributed by atoms with Crippen LogP contribution in [0.25, 0.3) is 6.08 Å². The van der Waals surface area contributed by atoms with Crippen molar-refractivity contribution >= 4 is 23.4 Å². The Morgan fingerprint density at radius 3 is 2.46 bits per heavy atom. The molecule has 1 aliphatic rings. The van der Waals surface area contributed by atoms with Crippen LogP contribution in [0.1, 0.15) is 30.9 Å². The second-order valence-electron chi connectivity index (χ2n) is 6.76. The first-order valence-electron chi connectivity index (χ1n) is 9.14. The standard InChI is InChI=1S/C22H26N2O2/c1-17(2)19-10-7-18(8-11-19)9-12-22(25)23-20-5-3-4-6-21(20)24-13-15-26-16-14-24/h3-12,17H,13-16H2,1-2H3,(H,23,25). The fourth-order valence-corrected chi connectivity index (χ4v) is 3.00. The molecule has 1 fully saturated rings. The third-order valence-electron chi connectivity index (χ3n) is 4.54. The smallest absolute Gasteiger partial charge is 0.248 e. The molecule has 0 aliphatic carbocycles. The average Bonchev–Trinajstić information content (AvgIpc) is 2.68. The van der Waals surface area contributed by atoms with Crippen molar-refractivity contribution in [3.63, 3.8) is 0 Å². The van der Waals surface area contributed by atoms with Gasteiger partial charge >= 0.3 is 0 Å². The fraction of sp³-hybridized carbons (Fsp3) is 0.318. The molecule has 26 heavy (non-hydrogen) atoms. The monoisotopic (exact) mass is 350 g/mol. The number of amides is 1. The van der Waals surface area contributed by atoms with Gasteiger partial charge in [0.2, 0.25) is 5.91 Å². The van der Waals surface area contributed by atoms with E-state index in [0.717, 1.165) is 30.0 Å². The second kappa shape index (κ2) is 8.68. The van der Waals surface area contributed by atoms with E-state index in [1.807, 2.05) is 42.5 Å². The van der Waals surface area contributed by atoms with Gasteiger partial charge in [-0.1, -0.05) is 50.2 Å². The zero-order chi connectivity index (χ0) is 18.4. The number of morpholine rings is 1. The summed E-state index contributed by atoms with van der Waals surface area (Å²) in [6.07, 6.45) is 3.43. The average molecular weight is 350 g/mol. The van der Waals surface area contributed by atoms with Gasteiger partial charge in [0, 0.05) is 19.2 Å². The lowest BCUT2D eigenvalue weighted by molar-refractivity contribution is -0.111. The van der Waals surface area contributed by atoms with Crippen molar-refractivity contribution < 1.29 is 9.53 Å². The molecule has 4 nitrogen and oxygen atoms in total. The van der Waals surface area contributed by atoms with Crippen molar-refractivity contribution in [3.8, 4) is 0 Å². The lowest BCUT2D eigenvalue weighted by Crippen LogP contribution is -2.36. The van der Waals surface area contributed by atoms with Gasteiger partial charge in [0.25, 0.3) is 0 Å². The van der Waals surface area contributed by atoms with E-state index in [-0.39, 0.29) is 5.91 Å². The maximum absolute atomic E-state index is 12.4. The molecule has 1 saturated heterocycles. The molecule has 1 heterocycles. The third-order valence-corrected chi connectivity index (χ3v) is 4.54. The number of anilines is 2. The van der Waals surface area contributed by atoms with Crippen molar-refractivity contribution in [2.45, 2.75) is 19.8 Å². The molecule has 0 unspecified atom stereocenters. The minimum Gasteiger partial charge on any atom is -0.378 e. The molecule has 3 rings (SSSR count). The van der Waals surface area contributed by atoms with Crippen molar-refractivity contribution in [1.29, 1.82) is 0 Å². The quantitative estimate of drug-likeness (QED) is 0.818. The molecule has 1 aliphatic heterocycles. The number of rotatable bonds is 5. The van der Waals surface area contributed by atoms with E-state index in [2.05, 4.69) is 36.2 Å². The first-order chi connectivity index (χ1) is 12.6. The molecule has 0 atom stereocenters. The zero-order valence-corrected chi connectivity index (χ0v) is 15.4. The van der Waals surface area contributed by atoms with Gasteiger partial charge in [0.1, 0.15) is 0 Å². The Morgan fingerprint density at radius 1 is 1.08 bits per heavy atom. The third kappa shape index (κ3) is 4.73. The van der Waals surface area contributed by atoms with Gasteiger partial charge in [-0.15, -0.1) is 0 Å². The summed E-state index contributed by atoms with van der Waals surface area (Å²) >= 11 is 0. The lowest BCUT2D eigenvalue weighted by atomic mass is 10.0. The summed E-state index contributed by atoms with van der Waals surface area (Å²) in [7, 11) is 0. The molecule has 1 amide bonds. The van der Waals surface area contributed by atoms with Gasteiger partial charge in [-0.3, -0.25) is 4.79 Å². The minimum atomic E-state index is -0.126. The SMILES string of the molecule is CC(C)c1ccc(C=CC(=O)Nc2ccccc2N2CCOCC2)cc1. The van der Waals surface area contributed by atoms with E-state index in [4.69, 9.17) is 4.74 Å². The highest BCUT2D eigenvalue weighted by atomic mass is 16.5. The number of nitrogens with one attached hydrogen (secondary N) is 1. The van der Waals surface area contributed by atoms with E-state index < -0.39 is 0 Å². The summed E-state index contributed by atoms with van der Waals surface area (Å²) in [6, 6.07) is 16.2. The molecule has 2 aromatic carbocycles. The van der Waals surface area contributed by atoms with Gasteiger partial charge in [-0.25, -0.2) is 0 Å². The Balaban J connectivity index is 1.66. The normalized spacial score (nSPS) is 14.8. The lowest BCUT2D eigenvalue weighted by Gasteiger charge is -2.30. The molecular weight excluding hydrogens is 324 g/mol. The fourth-order valence-electron chi connectivity index (χ4n) is 3.00. The summed E-state index contributed by atoms with van der Waals surface area (Å²) in [5.74, 6) is 0.381. The Morgan fingerprint density at radius 2 is 1.77 bits per heavy atom. The topological polar surface area (TPSA) is 41.6 Å². The van der Waals surface area contributed by atoms with E-state index in [0.29, 0.717) is 19.1 Å². The number of carbonyl (C=O) groups excluding carboxylic acids is 1. The molecule has 0 aromatic heterocycles. The highest BCUT2D eigenvalue weighted by Crippen LogP contribution is 2.26. The Kier molecular flexibility index (Phi) is 6.08. The van der Waals surface area contributed by atoms with Crippen LogP contribution < -0.4 is 10.2 Å². The van der Waals surface area contributed by atoms with E-state index in [9.17, 15) is 4.79 Å². The number of hydrogen-bond donors (Lipinski definition) is 1. The highest BCUT2D eigenvalue weighted by molar-refractivity contribution is 6.03. The predicted molar refractivity (Wildman–Crippen MR) is 108 cm³/mol. The first kappa shape index (κ1) is 18.2. The van der Waals surface area contributed by atoms with Crippen LogP contribution in [0.4, 0.5) is 11.4 Å². The van der Waals surface area contributed by atoms with Gasteiger partial charge in [0.05, 0.1) is 24.6 Å². The number of hydrogen-bond acceptors (Lipinski definition) is 3. The minimum absolute atomic E-state index is 0.126. The molecule has 0 spiro atoms. The predicted octanol–water partition coefficient (Wildman–Crippen LogP) is 4.30. The van der Waals surface area contributed by atoms with E-state index in [1.165, 1.54) is 5.56 Å². The maximum Gasteiger partial charge on any atom is 0.248 e. The number of nitrogens with zero attached hydrogens (tertiary/aromatic N) is 1. The summed E-state index contributed by atoms with van der Waals surface area (Å²) in [5, 5.41) is 3.00. The summed E-state index contributed by atoms with van der Waals surface area (Å²) in [5.41, 5.74) is 4.19. The zero-order valence-electron chi connectivity index (χ0n) is 15.4. The Hall–Kier alpha value is -2.59. The Labute approximate surface area is 155 Å². The van der Waals surface area contributed by atoms with Crippen LogP contribution in [0.15, 0.2) is 54.6 Å². The molecule has 136 valence electrons. The number of carbonyl (C=O) groups is 1. The molecule has 4 heteroatoms. The van der Waals surface area contributed by atoms with Crippen LogP contribution in [0.2, 0.25) is 0 Å².